The van der Waals surface area contributed by atoms with Crippen LogP contribution in [0.3, 0.4) is 0 Å². The summed E-state index contributed by atoms with van der Waals surface area (Å²) in [5, 5.41) is 0. The van der Waals surface area contributed by atoms with E-state index >= 15 is 0 Å². The van der Waals surface area contributed by atoms with Crippen LogP contribution >= 0.6 is 15.9 Å². The zero-order valence-electron chi connectivity index (χ0n) is 9.71. The number of benzene rings is 1. The van der Waals surface area contributed by atoms with E-state index in [1.165, 1.54) is 12.1 Å². The van der Waals surface area contributed by atoms with Crippen LogP contribution in [-0.2, 0) is 10.2 Å². The smallest absolute Gasteiger partial charge is 0.268 e. The molecule has 0 amide bonds. The topological polar surface area (TPSA) is 58.2 Å². The van der Waals surface area contributed by atoms with Crippen molar-refractivity contribution < 1.29 is 12.8 Å². The first-order valence-corrected chi connectivity index (χ1v) is 7.13. The van der Waals surface area contributed by atoms with Crippen LogP contribution in [0.2, 0.25) is 0 Å². The summed E-state index contributed by atoms with van der Waals surface area (Å²) in [6.07, 6.45) is 0. The number of hydrogen-bond donors (Lipinski definition) is 2. The van der Waals surface area contributed by atoms with Crippen LogP contribution in [0.5, 0.6) is 0 Å². The van der Waals surface area contributed by atoms with E-state index in [4.69, 9.17) is 0 Å². The minimum atomic E-state index is -3.78. The van der Waals surface area contributed by atoms with Gasteiger partial charge in [-0.15, -0.1) is 0 Å². The van der Waals surface area contributed by atoms with Crippen molar-refractivity contribution in [1.82, 2.24) is 4.72 Å². The van der Waals surface area contributed by atoms with Gasteiger partial charge in [-0.2, -0.15) is 13.1 Å². The molecule has 0 aliphatic heterocycles. The molecule has 4 nitrogen and oxygen atoms in total. The van der Waals surface area contributed by atoms with Crippen LogP contribution < -0.4 is 9.44 Å². The first kappa shape index (κ1) is 14.4. The third kappa shape index (κ3) is 5.01. The van der Waals surface area contributed by atoms with Crippen LogP contribution in [0.15, 0.2) is 22.7 Å². The molecule has 0 atom stereocenters. The number of hydrogen-bond acceptors (Lipinski definition) is 2. The molecule has 0 fully saturated rings. The van der Waals surface area contributed by atoms with E-state index in [2.05, 4.69) is 25.4 Å². The number of nitrogens with one attached hydrogen (secondary N) is 2. The summed E-state index contributed by atoms with van der Waals surface area (Å²) < 4.78 is 41.8. The van der Waals surface area contributed by atoms with Crippen LogP contribution in [0, 0.1) is 5.82 Å². The van der Waals surface area contributed by atoms with Gasteiger partial charge in [0.05, 0.1) is 5.69 Å². The van der Waals surface area contributed by atoms with Crippen molar-refractivity contribution in [2.45, 2.75) is 26.3 Å². The molecule has 7 heteroatoms. The summed E-state index contributed by atoms with van der Waals surface area (Å²) in [5.74, 6) is -0.640. The molecule has 0 radical (unpaired) electrons. The van der Waals surface area contributed by atoms with Crippen LogP contribution in [0.25, 0.3) is 0 Å². The summed E-state index contributed by atoms with van der Waals surface area (Å²) in [7, 11) is -3.78. The highest BCUT2D eigenvalue weighted by Gasteiger charge is 2.20. The van der Waals surface area contributed by atoms with Crippen molar-refractivity contribution >= 4 is 31.8 Å². The van der Waals surface area contributed by atoms with Gasteiger partial charge in [-0.25, -0.2) is 4.39 Å². The molecular weight excluding hydrogens is 311 g/mol. The molecule has 0 aromatic heterocycles. The quantitative estimate of drug-likeness (QED) is 0.898. The Morgan fingerprint density at radius 1 is 1.29 bits per heavy atom. The first-order valence-electron chi connectivity index (χ1n) is 4.86. The largest absolute Gasteiger partial charge is 0.299 e. The average molecular weight is 325 g/mol. The summed E-state index contributed by atoms with van der Waals surface area (Å²) in [6, 6.07) is 4.09. The van der Waals surface area contributed by atoms with E-state index in [1.54, 1.807) is 26.8 Å². The van der Waals surface area contributed by atoms with E-state index in [0.29, 0.717) is 4.47 Å². The molecule has 1 rings (SSSR count). The van der Waals surface area contributed by atoms with Gasteiger partial charge in [0.25, 0.3) is 10.2 Å². The second-order valence-electron chi connectivity index (χ2n) is 4.58. The van der Waals surface area contributed by atoms with E-state index in [9.17, 15) is 12.8 Å². The molecule has 0 spiro atoms. The molecule has 1 aromatic rings. The molecule has 0 saturated heterocycles. The number of rotatable bonds is 3. The fraction of sp³-hybridized carbons (Fsp3) is 0.400. The van der Waals surface area contributed by atoms with Crippen molar-refractivity contribution in [3.8, 4) is 0 Å². The normalized spacial score (nSPS) is 12.5. The van der Waals surface area contributed by atoms with E-state index < -0.39 is 21.6 Å². The minimum absolute atomic E-state index is 0.0926. The third-order valence-electron chi connectivity index (χ3n) is 1.62. The molecule has 96 valence electrons. The van der Waals surface area contributed by atoms with Crippen LogP contribution in [0.4, 0.5) is 10.1 Å². The SMILES string of the molecule is CC(C)(C)NS(=O)(=O)Nc1ccc(Br)cc1F. The Balaban J connectivity index is 2.91. The molecular formula is C10H14BrFN2O2S. The van der Waals surface area contributed by atoms with E-state index in [0.717, 1.165) is 0 Å². The zero-order chi connectivity index (χ0) is 13.3. The maximum atomic E-state index is 13.4. The lowest BCUT2D eigenvalue weighted by atomic mass is 10.1. The number of halogens is 2. The Kier molecular flexibility index (Phi) is 4.16. The van der Waals surface area contributed by atoms with Gasteiger partial charge in [0.15, 0.2) is 0 Å². The first-order chi connectivity index (χ1) is 7.59. The van der Waals surface area contributed by atoms with E-state index in [-0.39, 0.29) is 5.69 Å². The highest BCUT2D eigenvalue weighted by Crippen LogP contribution is 2.20. The van der Waals surface area contributed by atoms with Gasteiger partial charge < -0.3 is 0 Å². The second-order valence-corrected chi connectivity index (χ2v) is 6.91. The second kappa shape index (κ2) is 4.91. The average Bonchev–Trinajstić information content (AvgIpc) is 2.05. The fourth-order valence-electron chi connectivity index (χ4n) is 1.15. The summed E-state index contributed by atoms with van der Waals surface area (Å²) in [5.41, 5.74) is -0.720. The third-order valence-corrected chi connectivity index (χ3v) is 3.48. The monoisotopic (exact) mass is 324 g/mol. The molecule has 0 aliphatic rings. The molecule has 0 aliphatic carbocycles. The van der Waals surface area contributed by atoms with Crippen molar-refractivity contribution in [3.05, 3.63) is 28.5 Å². The molecule has 17 heavy (non-hydrogen) atoms. The lowest BCUT2D eigenvalue weighted by molar-refractivity contribution is 0.494. The van der Waals surface area contributed by atoms with Gasteiger partial charge in [0.2, 0.25) is 0 Å². The van der Waals surface area contributed by atoms with Gasteiger partial charge >= 0.3 is 0 Å². The van der Waals surface area contributed by atoms with Crippen molar-refractivity contribution in [2.75, 3.05) is 4.72 Å². The van der Waals surface area contributed by atoms with Gasteiger partial charge in [0, 0.05) is 10.0 Å². The minimum Gasteiger partial charge on any atom is -0.268 e. The Hall–Kier alpha value is -0.660. The molecule has 2 N–H and O–H groups in total. The van der Waals surface area contributed by atoms with Crippen molar-refractivity contribution in [1.29, 1.82) is 0 Å². The molecule has 1 aromatic carbocycles. The maximum Gasteiger partial charge on any atom is 0.299 e. The fourth-order valence-corrected chi connectivity index (χ4v) is 2.79. The molecule has 0 unspecified atom stereocenters. The lowest BCUT2D eigenvalue weighted by Crippen LogP contribution is -2.43. The van der Waals surface area contributed by atoms with Crippen molar-refractivity contribution in [3.63, 3.8) is 0 Å². The summed E-state index contributed by atoms with van der Waals surface area (Å²) >= 11 is 3.09. The molecule has 0 heterocycles. The van der Waals surface area contributed by atoms with Gasteiger partial charge in [0.1, 0.15) is 5.82 Å². The Labute approximate surface area is 109 Å². The highest BCUT2D eigenvalue weighted by atomic mass is 79.9. The van der Waals surface area contributed by atoms with Crippen molar-refractivity contribution in [2.24, 2.45) is 0 Å². The van der Waals surface area contributed by atoms with Gasteiger partial charge in [-0.3, -0.25) is 4.72 Å². The van der Waals surface area contributed by atoms with Crippen LogP contribution in [-0.4, -0.2) is 14.0 Å². The van der Waals surface area contributed by atoms with E-state index in [1.807, 2.05) is 0 Å². The molecule has 0 saturated carbocycles. The summed E-state index contributed by atoms with van der Waals surface area (Å²) in [4.78, 5) is 0. The highest BCUT2D eigenvalue weighted by molar-refractivity contribution is 9.10. The maximum absolute atomic E-state index is 13.4. The zero-order valence-corrected chi connectivity index (χ0v) is 12.1. The van der Waals surface area contributed by atoms with Gasteiger partial charge in [-0.05, 0) is 39.0 Å². The predicted octanol–water partition coefficient (Wildman–Crippen LogP) is 2.63. The van der Waals surface area contributed by atoms with Gasteiger partial charge in [-0.1, -0.05) is 15.9 Å². The Bertz CT molecular complexity index is 512. The Morgan fingerprint density at radius 3 is 2.35 bits per heavy atom. The standard InChI is InChI=1S/C10H14BrFN2O2S/c1-10(2,3)14-17(15,16)13-9-5-4-7(11)6-8(9)12/h4-6,13-14H,1-3H3. The van der Waals surface area contributed by atoms with Crippen LogP contribution in [0.1, 0.15) is 20.8 Å². The lowest BCUT2D eigenvalue weighted by Gasteiger charge is -2.21. The Morgan fingerprint density at radius 2 is 1.88 bits per heavy atom. The predicted molar refractivity (Wildman–Crippen MR) is 69.5 cm³/mol. The number of anilines is 1. The summed E-state index contributed by atoms with van der Waals surface area (Å²) in [6.45, 7) is 5.10. The molecule has 0 bridgehead atoms.